The molecule has 0 saturated carbocycles. The lowest BCUT2D eigenvalue weighted by atomic mass is 10.1. The molecule has 0 spiro atoms. The van der Waals surface area contributed by atoms with E-state index in [1.54, 1.807) is 0 Å². The number of rotatable bonds is 10. The summed E-state index contributed by atoms with van der Waals surface area (Å²) in [5.74, 6) is 0. The van der Waals surface area contributed by atoms with Gasteiger partial charge in [0.25, 0.3) is 0 Å². The molecule has 2 aromatic carbocycles. The van der Waals surface area contributed by atoms with Crippen molar-refractivity contribution in [2.24, 2.45) is 0 Å². The third kappa shape index (κ3) is 7.14. The van der Waals surface area contributed by atoms with Gasteiger partial charge in [-0.2, -0.15) is 5.10 Å². The zero-order valence-corrected chi connectivity index (χ0v) is 20.9. The van der Waals surface area contributed by atoms with Gasteiger partial charge < -0.3 is 10.7 Å². The van der Waals surface area contributed by atoms with Gasteiger partial charge >= 0.3 is 0 Å². The molecular weight excluding hydrogens is 420 g/mol. The molecule has 2 heterocycles. The van der Waals surface area contributed by atoms with Gasteiger partial charge in [-0.05, 0) is 56.1 Å². The van der Waals surface area contributed by atoms with Gasteiger partial charge in [-0.15, -0.1) is 0 Å². The van der Waals surface area contributed by atoms with Crippen molar-refractivity contribution >= 4 is 11.3 Å². The topological polar surface area (TPSA) is 66.3 Å². The summed E-state index contributed by atoms with van der Waals surface area (Å²) in [5.41, 5.74) is 13.4. The van der Waals surface area contributed by atoms with Crippen LogP contribution in [-0.2, 0) is 0 Å². The lowest BCUT2D eigenvalue weighted by Gasteiger charge is -2.06. The van der Waals surface area contributed by atoms with Crippen LogP contribution in [0.4, 0.5) is 5.69 Å². The van der Waals surface area contributed by atoms with Crippen molar-refractivity contribution in [3.63, 3.8) is 0 Å². The van der Waals surface area contributed by atoms with Gasteiger partial charge in [0, 0.05) is 36.3 Å². The molecule has 0 saturated heterocycles. The molecule has 0 atom stereocenters. The summed E-state index contributed by atoms with van der Waals surface area (Å²) in [6.45, 7) is 8.92. The molecule has 6 heteroatoms. The molecule has 0 aliphatic carbocycles. The van der Waals surface area contributed by atoms with Crippen molar-refractivity contribution in [3.8, 4) is 22.3 Å². The first-order chi connectivity index (χ1) is 16.7. The van der Waals surface area contributed by atoms with E-state index in [9.17, 15) is 0 Å². The van der Waals surface area contributed by atoms with Crippen LogP contribution in [-0.4, -0.2) is 34.7 Å². The molecular formula is C28H38N6. The molecule has 0 unspecified atom stereocenters. The molecule has 180 valence electrons. The minimum Gasteiger partial charge on any atom is -0.322 e. The molecule has 34 heavy (non-hydrogen) atoms. The highest BCUT2D eigenvalue weighted by Crippen LogP contribution is 2.27. The maximum atomic E-state index is 4.66. The molecule has 2 aromatic heterocycles. The summed E-state index contributed by atoms with van der Waals surface area (Å²) >= 11 is 0. The highest BCUT2D eigenvalue weighted by molar-refractivity contribution is 5.79. The molecule has 3 N–H and O–H groups in total. The largest absolute Gasteiger partial charge is 0.322 e. The van der Waals surface area contributed by atoms with Crippen LogP contribution < -0.4 is 16.2 Å². The third-order valence-electron chi connectivity index (χ3n) is 5.57. The van der Waals surface area contributed by atoms with Gasteiger partial charge in [0.05, 0.1) is 6.20 Å². The number of benzene rings is 2. The average Bonchev–Trinajstić information content (AvgIpc) is 3.29. The molecule has 0 radical (unpaired) electrons. The Morgan fingerprint density at radius 2 is 1.68 bits per heavy atom. The number of unbranched alkanes of at least 4 members (excludes halogenated alkanes) is 2. The first kappa shape index (κ1) is 25.4. The van der Waals surface area contributed by atoms with Crippen molar-refractivity contribution in [2.75, 3.05) is 25.6 Å². The fraction of sp³-hybridized carbons (Fsp3) is 0.357. The predicted octanol–water partition coefficient (Wildman–Crippen LogP) is 6.09. The van der Waals surface area contributed by atoms with E-state index in [4.69, 9.17) is 0 Å². The molecule has 0 aliphatic heterocycles. The summed E-state index contributed by atoms with van der Waals surface area (Å²) in [6.07, 6.45) is 11.1. The number of anilines is 1. The summed E-state index contributed by atoms with van der Waals surface area (Å²) in [5, 5.41) is 7.86. The zero-order valence-electron chi connectivity index (χ0n) is 20.9. The van der Waals surface area contributed by atoms with Crippen LogP contribution in [0.3, 0.4) is 0 Å². The van der Waals surface area contributed by atoms with Crippen LogP contribution in [0.15, 0.2) is 67.1 Å². The Morgan fingerprint density at radius 3 is 2.41 bits per heavy atom. The molecule has 0 fully saturated rings. The van der Waals surface area contributed by atoms with Crippen molar-refractivity contribution in [1.82, 2.24) is 25.3 Å². The predicted molar refractivity (Wildman–Crippen MR) is 144 cm³/mol. The standard InChI is InChI=1S/C20H19N5.C8H19N/c1-14-6-8-15(9-7-14)17-11-22-20-19(12-23-25(20)13-17)16-4-3-5-18(10-16)24-21-2;1-3-5-6-8-9-7-4-2/h3-13,21,24H,1-2H3;9H,3-8H2,1-2H3. The number of aromatic nitrogens is 3. The fourth-order valence-corrected chi connectivity index (χ4v) is 3.68. The average molecular weight is 459 g/mol. The number of hydrogen-bond donors (Lipinski definition) is 3. The molecule has 0 bridgehead atoms. The van der Waals surface area contributed by atoms with Crippen LogP contribution in [0.25, 0.3) is 27.9 Å². The second-order valence-electron chi connectivity index (χ2n) is 8.45. The van der Waals surface area contributed by atoms with E-state index in [-0.39, 0.29) is 0 Å². The molecule has 0 amide bonds. The Hall–Kier alpha value is -3.22. The summed E-state index contributed by atoms with van der Waals surface area (Å²) in [4.78, 5) is 4.66. The Labute approximate surface area is 203 Å². The lowest BCUT2D eigenvalue weighted by Crippen LogP contribution is -2.15. The Balaban J connectivity index is 0.000000309. The lowest BCUT2D eigenvalue weighted by molar-refractivity contribution is 0.611. The minimum absolute atomic E-state index is 0.845. The maximum Gasteiger partial charge on any atom is 0.162 e. The second-order valence-corrected chi connectivity index (χ2v) is 8.45. The highest BCUT2D eigenvalue weighted by Gasteiger charge is 2.10. The van der Waals surface area contributed by atoms with Crippen molar-refractivity contribution in [1.29, 1.82) is 0 Å². The van der Waals surface area contributed by atoms with Gasteiger partial charge in [-0.1, -0.05) is 68.7 Å². The van der Waals surface area contributed by atoms with Crippen LogP contribution in [0.2, 0.25) is 0 Å². The quantitative estimate of drug-likeness (QED) is 0.198. The SMILES string of the molecule is CCCCCNCCC.CNNc1cccc(-c2cnn3cc(-c4ccc(C)cc4)cnc23)c1. The van der Waals surface area contributed by atoms with Crippen LogP contribution in [0, 0.1) is 6.92 Å². The van der Waals surface area contributed by atoms with Crippen molar-refractivity contribution in [3.05, 3.63) is 72.7 Å². The number of hydrazine groups is 1. The first-order valence-electron chi connectivity index (χ1n) is 12.3. The van der Waals surface area contributed by atoms with Crippen molar-refractivity contribution < 1.29 is 0 Å². The van der Waals surface area contributed by atoms with Gasteiger partial charge in [0.1, 0.15) is 0 Å². The van der Waals surface area contributed by atoms with E-state index in [1.165, 1.54) is 44.3 Å². The van der Waals surface area contributed by atoms with Gasteiger partial charge in [-0.25, -0.2) is 14.9 Å². The number of aryl methyl sites for hydroxylation is 1. The number of nitrogens with zero attached hydrogens (tertiary/aromatic N) is 3. The van der Waals surface area contributed by atoms with Crippen LogP contribution >= 0.6 is 0 Å². The number of nitrogens with one attached hydrogen (secondary N) is 3. The summed E-state index contributed by atoms with van der Waals surface area (Å²) in [6, 6.07) is 16.6. The van der Waals surface area contributed by atoms with E-state index < -0.39 is 0 Å². The van der Waals surface area contributed by atoms with E-state index in [0.29, 0.717) is 0 Å². The Kier molecular flexibility index (Phi) is 10.1. The smallest absolute Gasteiger partial charge is 0.162 e. The fourth-order valence-electron chi connectivity index (χ4n) is 3.68. The molecule has 4 rings (SSSR count). The zero-order chi connectivity index (χ0) is 24.2. The Bertz CT molecular complexity index is 1130. The van der Waals surface area contributed by atoms with Gasteiger partial charge in [0.2, 0.25) is 0 Å². The van der Waals surface area contributed by atoms with E-state index >= 15 is 0 Å². The highest BCUT2D eigenvalue weighted by atomic mass is 15.3. The molecule has 6 nitrogen and oxygen atoms in total. The summed E-state index contributed by atoms with van der Waals surface area (Å²) < 4.78 is 1.84. The van der Waals surface area contributed by atoms with E-state index in [0.717, 1.165) is 33.6 Å². The van der Waals surface area contributed by atoms with Gasteiger partial charge in [0.15, 0.2) is 5.65 Å². The monoisotopic (exact) mass is 458 g/mol. The Morgan fingerprint density at radius 1 is 0.853 bits per heavy atom. The first-order valence-corrected chi connectivity index (χ1v) is 12.3. The van der Waals surface area contributed by atoms with Crippen molar-refractivity contribution in [2.45, 2.75) is 46.5 Å². The third-order valence-corrected chi connectivity index (χ3v) is 5.57. The molecule has 0 aliphatic rings. The maximum absolute atomic E-state index is 4.66. The number of hydrogen-bond acceptors (Lipinski definition) is 5. The van der Waals surface area contributed by atoms with Crippen LogP contribution in [0.5, 0.6) is 0 Å². The summed E-state index contributed by atoms with van der Waals surface area (Å²) in [7, 11) is 1.84. The second kappa shape index (κ2) is 13.5. The van der Waals surface area contributed by atoms with Gasteiger partial charge in [-0.3, -0.25) is 0 Å². The van der Waals surface area contributed by atoms with E-state index in [2.05, 4.69) is 83.4 Å². The minimum atomic E-state index is 0.845. The number of fused-ring (bicyclic) bond motifs is 1. The van der Waals surface area contributed by atoms with Crippen LogP contribution in [0.1, 0.15) is 45.1 Å². The van der Waals surface area contributed by atoms with E-state index in [1.807, 2.05) is 42.3 Å². The molecule has 4 aromatic rings. The normalized spacial score (nSPS) is 10.7.